The number of nitrogens with one attached hydrogen (secondary N) is 1. The molecule has 2 unspecified atom stereocenters. The Morgan fingerprint density at radius 3 is 2.44 bits per heavy atom. The molecule has 0 spiro atoms. The van der Waals surface area contributed by atoms with Crippen LogP contribution in [0, 0.1) is 0 Å². The average molecular weight is 215 g/mol. The lowest BCUT2D eigenvalue weighted by molar-refractivity contribution is 0.369. The molecule has 0 bridgehead atoms. The molecule has 0 radical (unpaired) electrons. The van der Waals surface area contributed by atoms with E-state index in [1.807, 2.05) is 0 Å². The van der Waals surface area contributed by atoms with Crippen molar-refractivity contribution in [3.8, 4) is 0 Å². The van der Waals surface area contributed by atoms with Crippen molar-refractivity contribution < 1.29 is 0 Å². The van der Waals surface area contributed by atoms with E-state index in [0.29, 0.717) is 0 Å². The van der Waals surface area contributed by atoms with Crippen molar-refractivity contribution in [2.75, 3.05) is 0 Å². The van der Waals surface area contributed by atoms with Crippen LogP contribution in [0.15, 0.2) is 30.3 Å². The zero-order chi connectivity index (χ0) is 10.8. The van der Waals surface area contributed by atoms with Crippen molar-refractivity contribution in [1.82, 2.24) is 5.32 Å². The van der Waals surface area contributed by atoms with Crippen LogP contribution in [-0.2, 0) is 0 Å². The minimum atomic E-state index is 0.769. The molecule has 1 heteroatoms. The molecule has 2 saturated carbocycles. The van der Waals surface area contributed by atoms with Crippen LogP contribution in [-0.4, -0.2) is 12.1 Å². The van der Waals surface area contributed by atoms with Crippen LogP contribution in [0.25, 0.3) is 0 Å². The molecule has 0 heterocycles. The zero-order valence-corrected chi connectivity index (χ0v) is 9.86. The molecule has 1 aromatic carbocycles. The van der Waals surface area contributed by atoms with Crippen molar-refractivity contribution in [1.29, 1.82) is 0 Å². The van der Waals surface area contributed by atoms with E-state index in [-0.39, 0.29) is 0 Å². The first-order valence-electron chi connectivity index (χ1n) is 6.74. The maximum absolute atomic E-state index is 3.84. The second kappa shape index (κ2) is 4.58. The van der Waals surface area contributed by atoms with E-state index in [1.54, 1.807) is 0 Å². The van der Waals surface area contributed by atoms with Crippen LogP contribution in [0.2, 0.25) is 0 Å². The van der Waals surface area contributed by atoms with Gasteiger partial charge in [-0.15, -0.1) is 0 Å². The van der Waals surface area contributed by atoms with E-state index in [9.17, 15) is 0 Å². The molecular formula is C15H21N. The predicted octanol–water partition coefficient (Wildman–Crippen LogP) is 3.46. The van der Waals surface area contributed by atoms with Gasteiger partial charge in [-0.1, -0.05) is 49.6 Å². The molecule has 2 atom stereocenters. The summed E-state index contributed by atoms with van der Waals surface area (Å²) in [6.45, 7) is 0. The van der Waals surface area contributed by atoms with Gasteiger partial charge in [-0.2, -0.15) is 0 Å². The summed E-state index contributed by atoms with van der Waals surface area (Å²) in [5.41, 5.74) is 1.52. The topological polar surface area (TPSA) is 12.0 Å². The molecule has 86 valence electrons. The molecule has 1 nitrogen and oxygen atoms in total. The fourth-order valence-corrected chi connectivity index (χ4v) is 3.02. The summed E-state index contributed by atoms with van der Waals surface area (Å²) >= 11 is 0. The summed E-state index contributed by atoms with van der Waals surface area (Å²) in [7, 11) is 0. The highest BCUT2D eigenvalue weighted by Crippen LogP contribution is 2.41. The van der Waals surface area contributed by atoms with Gasteiger partial charge in [-0.25, -0.2) is 0 Å². The van der Waals surface area contributed by atoms with Gasteiger partial charge in [-0.3, -0.25) is 0 Å². The fraction of sp³-hybridized carbons (Fsp3) is 0.600. The largest absolute Gasteiger partial charge is 0.311 e. The minimum absolute atomic E-state index is 0.769. The SMILES string of the molecule is c1ccc(C2CC2NC2CCCCC2)cc1. The van der Waals surface area contributed by atoms with Gasteiger partial charge in [0.25, 0.3) is 0 Å². The second-order valence-corrected chi connectivity index (χ2v) is 5.36. The van der Waals surface area contributed by atoms with Gasteiger partial charge < -0.3 is 5.32 Å². The summed E-state index contributed by atoms with van der Waals surface area (Å²) in [4.78, 5) is 0. The van der Waals surface area contributed by atoms with Gasteiger partial charge >= 0.3 is 0 Å². The smallest absolute Gasteiger partial charge is 0.0145 e. The fourth-order valence-electron chi connectivity index (χ4n) is 3.02. The zero-order valence-electron chi connectivity index (χ0n) is 9.86. The van der Waals surface area contributed by atoms with Gasteiger partial charge in [0.1, 0.15) is 0 Å². The third kappa shape index (κ3) is 2.30. The van der Waals surface area contributed by atoms with Gasteiger partial charge in [0, 0.05) is 18.0 Å². The normalized spacial score (nSPS) is 30.2. The summed E-state index contributed by atoms with van der Waals surface area (Å²) in [5.74, 6) is 0.795. The van der Waals surface area contributed by atoms with Gasteiger partial charge in [0.2, 0.25) is 0 Å². The number of hydrogen-bond acceptors (Lipinski definition) is 1. The van der Waals surface area contributed by atoms with Gasteiger partial charge in [0.15, 0.2) is 0 Å². The van der Waals surface area contributed by atoms with Gasteiger partial charge in [0.05, 0.1) is 0 Å². The Balaban J connectivity index is 1.52. The summed E-state index contributed by atoms with van der Waals surface area (Å²) in [5, 5.41) is 3.84. The highest BCUT2D eigenvalue weighted by molar-refractivity contribution is 5.27. The van der Waals surface area contributed by atoms with Crippen molar-refractivity contribution in [3.05, 3.63) is 35.9 Å². The number of hydrogen-bond donors (Lipinski definition) is 1. The Kier molecular flexibility index (Phi) is 2.96. The van der Waals surface area contributed by atoms with Crippen LogP contribution in [0.5, 0.6) is 0 Å². The Bertz CT molecular complexity index is 327. The molecule has 16 heavy (non-hydrogen) atoms. The summed E-state index contributed by atoms with van der Waals surface area (Å²) in [6, 6.07) is 12.5. The van der Waals surface area contributed by atoms with Crippen molar-refractivity contribution in [2.24, 2.45) is 0 Å². The van der Waals surface area contributed by atoms with Crippen LogP contribution < -0.4 is 5.32 Å². The summed E-state index contributed by atoms with van der Waals surface area (Å²) < 4.78 is 0. The Morgan fingerprint density at radius 2 is 1.69 bits per heavy atom. The average Bonchev–Trinajstić information content (AvgIpc) is 3.11. The molecule has 1 aromatic rings. The van der Waals surface area contributed by atoms with Crippen molar-refractivity contribution in [3.63, 3.8) is 0 Å². The lowest BCUT2D eigenvalue weighted by atomic mass is 9.95. The molecule has 0 aliphatic heterocycles. The molecule has 1 N–H and O–H groups in total. The predicted molar refractivity (Wildman–Crippen MR) is 67.6 cm³/mol. The molecule has 3 rings (SSSR count). The summed E-state index contributed by atoms with van der Waals surface area (Å²) in [6.07, 6.45) is 8.46. The molecule has 2 fully saturated rings. The second-order valence-electron chi connectivity index (χ2n) is 5.36. The molecule has 2 aliphatic rings. The van der Waals surface area contributed by atoms with Crippen LogP contribution >= 0.6 is 0 Å². The molecule has 2 aliphatic carbocycles. The first-order chi connectivity index (χ1) is 7.93. The van der Waals surface area contributed by atoms with E-state index < -0.39 is 0 Å². The highest BCUT2D eigenvalue weighted by Gasteiger charge is 2.39. The quantitative estimate of drug-likeness (QED) is 0.814. The van der Waals surface area contributed by atoms with E-state index in [2.05, 4.69) is 35.6 Å². The third-order valence-electron chi connectivity index (χ3n) is 4.07. The Labute approximate surface area is 98.3 Å². The highest BCUT2D eigenvalue weighted by atomic mass is 15.0. The molecule has 0 amide bonds. The lowest BCUT2D eigenvalue weighted by Gasteiger charge is -2.23. The maximum Gasteiger partial charge on any atom is 0.0145 e. The van der Waals surface area contributed by atoms with E-state index >= 15 is 0 Å². The monoisotopic (exact) mass is 215 g/mol. The molecule has 0 saturated heterocycles. The third-order valence-corrected chi connectivity index (χ3v) is 4.07. The van der Waals surface area contributed by atoms with Crippen LogP contribution in [0.3, 0.4) is 0 Å². The molecule has 0 aromatic heterocycles. The van der Waals surface area contributed by atoms with Crippen LogP contribution in [0.4, 0.5) is 0 Å². The van der Waals surface area contributed by atoms with Crippen molar-refractivity contribution in [2.45, 2.75) is 56.5 Å². The van der Waals surface area contributed by atoms with Crippen LogP contribution in [0.1, 0.15) is 50.0 Å². The number of rotatable bonds is 3. The maximum atomic E-state index is 3.84. The molecular weight excluding hydrogens is 194 g/mol. The van der Waals surface area contributed by atoms with Gasteiger partial charge in [-0.05, 0) is 24.8 Å². The first kappa shape index (κ1) is 10.3. The Hall–Kier alpha value is -0.820. The minimum Gasteiger partial charge on any atom is -0.311 e. The Morgan fingerprint density at radius 1 is 0.938 bits per heavy atom. The van der Waals surface area contributed by atoms with E-state index in [4.69, 9.17) is 0 Å². The lowest BCUT2D eigenvalue weighted by Crippen LogP contribution is -2.33. The van der Waals surface area contributed by atoms with E-state index in [0.717, 1.165) is 18.0 Å². The number of benzene rings is 1. The first-order valence-corrected chi connectivity index (χ1v) is 6.74. The standard InChI is InChI=1S/C15H21N/c1-3-7-12(8-4-1)14-11-15(14)16-13-9-5-2-6-10-13/h1,3-4,7-8,13-16H,2,5-6,9-11H2. The van der Waals surface area contributed by atoms with Crippen molar-refractivity contribution >= 4 is 0 Å². The van der Waals surface area contributed by atoms with E-state index in [1.165, 1.54) is 44.1 Å².